The summed E-state index contributed by atoms with van der Waals surface area (Å²) in [5.74, 6) is 1.10. The van der Waals surface area contributed by atoms with Crippen molar-refractivity contribution in [3.05, 3.63) is 52.8 Å². The zero-order valence-electron chi connectivity index (χ0n) is 16.4. The third kappa shape index (κ3) is 3.38. The molecule has 0 bridgehead atoms. The molecule has 1 aliphatic carbocycles. The third-order valence-electron chi connectivity index (χ3n) is 5.84. The van der Waals surface area contributed by atoms with Crippen molar-refractivity contribution in [2.24, 2.45) is 0 Å². The molecule has 1 aliphatic heterocycles. The molecule has 6 heteroatoms. The summed E-state index contributed by atoms with van der Waals surface area (Å²) in [6, 6.07) is 10.7. The quantitative estimate of drug-likeness (QED) is 0.741. The lowest BCUT2D eigenvalue weighted by Crippen LogP contribution is -2.37. The Kier molecular flexibility index (Phi) is 4.74. The molecule has 2 aromatic heterocycles. The number of H-pyrrole nitrogens is 1. The molecule has 2 aliphatic rings. The maximum absolute atomic E-state index is 5.55. The van der Waals surface area contributed by atoms with Crippen LogP contribution in [0.4, 0.5) is 5.82 Å². The molecule has 0 amide bonds. The molecule has 0 atom stereocenters. The van der Waals surface area contributed by atoms with Crippen molar-refractivity contribution in [2.75, 3.05) is 38.3 Å². The monoisotopic (exact) mass is 377 g/mol. The second kappa shape index (κ2) is 7.53. The van der Waals surface area contributed by atoms with E-state index in [4.69, 9.17) is 9.72 Å². The Labute approximate surface area is 165 Å². The Bertz CT molecular complexity index is 976. The van der Waals surface area contributed by atoms with Crippen LogP contribution in [-0.2, 0) is 30.7 Å². The fourth-order valence-electron chi connectivity index (χ4n) is 4.44. The molecule has 146 valence electrons. The van der Waals surface area contributed by atoms with E-state index in [-0.39, 0.29) is 0 Å². The Morgan fingerprint density at radius 1 is 1.14 bits per heavy atom. The van der Waals surface area contributed by atoms with Crippen molar-refractivity contribution < 1.29 is 4.74 Å². The van der Waals surface area contributed by atoms with E-state index in [0.717, 1.165) is 63.6 Å². The van der Waals surface area contributed by atoms with Crippen molar-refractivity contribution in [2.45, 2.75) is 32.4 Å². The Balaban J connectivity index is 1.42. The van der Waals surface area contributed by atoms with Gasteiger partial charge in [-0.3, -0.25) is 10.00 Å². The molecule has 0 saturated carbocycles. The number of aryl methyl sites for hydroxylation is 1. The molecule has 3 heterocycles. The van der Waals surface area contributed by atoms with Crippen LogP contribution < -0.4 is 4.90 Å². The number of benzene rings is 1. The van der Waals surface area contributed by atoms with Gasteiger partial charge in [0.15, 0.2) is 0 Å². The lowest BCUT2D eigenvalue weighted by atomic mass is 10.1. The summed E-state index contributed by atoms with van der Waals surface area (Å²) in [7, 11) is 2.17. The van der Waals surface area contributed by atoms with Crippen molar-refractivity contribution in [3.8, 4) is 0 Å². The van der Waals surface area contributed by atoms with E-state index in [2.05, 4.69) is 57.4 Å². The Morgan fingerprint density at radius 2 is 2.00 bits per heavy atom. The predicted octanol–water partition coefficient (Wildman–Crippen LogP) is 2.92. The molecule has 1 saturated heterocycles. The van der Waals surface area contributed by atoms with Crippen LogP contribution >= 0.6 is 0 Å². The summed E-state index contributed by atoms with van der Waals surface area (Å²) in [6.45, 7) is 5.05. The lowest BCUT2D eigenvalue weighted by molar-refractivity contribution is 0.122. The van der Waals surface area contributed by atoms with Gasteiger partial charge in [0.25, 0.3) is 0 Å². The molecule has 0 radical (unpaired) electrons. The van der Waals surface area contributed by atoms with E-state index in [1.807, 2.05) is 0 Å². The number of rotatable bonds is 5. The van der Waals surface area contributed by atoms with Crippen molar-refractivity contribution in [3.63, 3.8) is 0 Å². The molecular formula is C22H27N5O. The number of nitrogens with zero attached hydrogens (tertiary/aromatic N) is 4. The minimum absolute atomic E-state index is 0.767. The number of aromatic nitrogens is 3. The van der Waals surface area contributed by atoms with Crippen LogP contribution in [0, 0.1) is 0 Å². The topological polar surface area (TPSA) is 57.3 Å². The van der Waals surface area contributed by atoms with Gasteiger partial charge in [-0.1, -0.05) is 18.2 Å². The smallest absolute Gasteiger partial charge is 0.133 e. The molecular weight excluding hydrogens is 350 g/mol. The van der Waals surface area contributed by atoms with Gasteiger partial charge in [-0.2, -0.15) is 5.10 Å². The van der Waals surface area contributed by atoms with E-state index in [0.29, 0.717) is 0 Å². The van der Waals surface area contributed by atoms with Crippen LogP contribution in [0.25, 0.3) is 10.9 Å². The zero-order valence-corrected chi connectivity index (χ0v) is 16.4. The molecule has 0 unspecified atom stereocenters. The van der Waals surface area contributed by atoms with Gasteiger partial charge in [0, 0.05) is 42.8 Å². The highest BCUT2D eigenvalue weighted by atomic mass is 16.5. The minimum Gasteiger partial charge on any atom is -0.378 e. The van der Waals surface area contributed by atoms with Gasteiger partial charge < -0.3 is 9.64 Å². The number of pyridine rings is 1. The van der Waals surface area contributed by atoms with Crippen LogP contribution in [0.5, 0.6) is 0 Å². The number of hydrogen-bond acceptors (Lipinski definition) is 5. The average molecular weight is 377 g/mol. The van der Waals surface area contributed by atoms with Gasteiger partial charge in [0.05, 0.1) is 24.4 Å². The normalized spacial score (nSPS) is 16.9. The third-order valence-corrected chi connectivity index (χ3v) is 5.84. The number of fused-ring (bicyclic) bond motifs is 2. The zero-order chi connectivity index (χ0) is 18.9. The molecule has 3 aromatic rings. The molecule has 28 heavy (non-hydrogen) atoms. The van der Waals surface area contributed by atoms with E-state index < -0.39 is 0 Å². The first-order valence-corrected chi connectivity index (χ1v) is 10.2. The number of aromatic amines is 1. The molecule has 5 rings (SSSR count). The van der Waals surface area contributed by atoms with Gasteiger partial charge in [-0.15, -0.1) is 0 Å². The van der Waals surface area contributed by atoms with Crippen molar-refractivity contribution >= 4 is 16.7 Å². The second-order valence-electron chi connectivity index (χ2n) is 7.92. The van der Waals surface area contributed by atoms with Crippen LogP contribution in [0.2, 0.25) is 0 Å². The van der Waals surface area contributed by atoms with E-state index in [1.165, 1.54) is 34.3 Å². The average Bonchev–Trinajstić information content (AvgIpc) is 3.33. The molecule has 1 aromatic carbocycles. The van der Waals surface area contributed by atoms with E-state index in [9.17, 15) is 0 Å². The molecule has 6 nitrogen and oxygen atoms in total. The Morgan fingerprint density at radius 3 is 2.89 bits per heavy atom. The fourth-order valence-corrected chi connectivity index (χ4v) is 4.44. The fraction of sp³-hybridized carbons (Fsp3) is 0.455. The lowest BCUT2D eigenvalue weighted by Gasteiger charge is -2.30. The number of ether oxygens (including phenoxy) is 1. The number of nitrogens with one attached hydrogen (secondary N) is 1. The SMILES string of the molecule is CN(Cc1cc2ccccc2nc1N1CCOCC1)Cc1n[nH]c2c1CCC2. The summed E-state index contributed by atoms with van der Waals surface area (Å²) in [5.41, 5.74) is 6.31. The number of morpholine rings is 1. The van der Waals surface area contributed by atoms with Gasteiger partial charge >= 0.3 is 0 Å². The summed E-state index contributed by atoms with van der Waals surface area (Å²) < 4.78 is 5.55. The van der Waals surface area contributed by atoms with Gasteiger partial charge in [-0.25, -0.2) is 4.98 Å². The Hall–Kier alpha value is -2.44. The number of hydrogen-bond donors (Lipinski definition) is 1. The first kappa shape index (κ1) is 17.6. The highest BCUT2D eigenvalue weighted by Crippen LogP contribution is 2.27. The van der Waals surface area contributed by atoms with Crippen LogP contribution in [0.1, 0.15) is 28.9 Å². The number of para-hydroxylation sites is 1. The van der Waals surface area contributed by atoms with E-state index in [1.54, 1.807) is 0 Å². The summed E-state index contributed by atoms with van der Waals surface area (Å²) in [4.78, 5) is 9.75. The highest BCUT2D eigenvalue weighted by Gasteiger charge is 2.21. The maximum Gasteiger partial charge on any atom is 0.133 e. The van der Waals surface area contributed by atoms with E-state index >= 15 is 0 Å². The first-order valence-electron chi connectivity index (χ1n) is 10.2. The first-order chi connectivity index (χ1) is 13.8. The summed E-state index contributed by atoms with van der Waals surface area (Å²) in [6.07, 6.45) is 3.55. The van der Waals surface area contributed by atoms with Gasteiger partial charge in [0.2, 0.25) is 0 Å². The second-order valence-corrected chi connectivity index (χ2v) is 7.92. The van der Waals surface area contributed by atoms with Crippen LogP contribution in [0.3, 0.4) is 0 Å². The predicted molar refractivity (Wildman–Crippen MR) is 111 cm³/mol. The van der Waals surface area contributed by atoms with Gasteiger partial charge in [0.1, 0.15) is 5.82 Å². The van der Waals surface area contributed by atoms with Crippen molar-refractivity contribution in [1.82, 2.24) is 20.1 Å². The van der Waals surface area contributed by atoms with Crippen LogP contribution in [0.15, 0.2) is 30.3 Å². The minimum atomic E-state index is 0.767. The van der Waals surface area contributed by atoms with Crippen LogP contribution in [-0.4, -0.2) is 53.4 Å². The number of anilines is 1. The maximum atomic E-state index is 5.55. The largest absolute Gasteiger partial charge is 0.378 e. The van der Waals surface area contributed by atoms with Crippen molar-refractivity contribution in [1.29, 1.82) is 0 Å². The summed E-state index contributed by atoms with van der Waals surface area (Å²) >= 11 is 0. The van der Waals surface area contributed by atoms with Gasteiger partial charge in [-0.05, 0) is 44.0 Å². The highest BCUT2D eigenvalue weighted by molar-refractivity contribution is 5.81. The molecule has 1 N–H and O–H groups in total. The summed E-state index contributed by atoms with van der Waals surface area (Å²) in [5, 5.41) is 9.00. The standard InChI is InChI=1S/C22H27N5O/c1-26(15-21-18-6-4-8-20(18)24-25-21)14-17-13-16-5-2-3-7-19(16)23-22(17)27-9-11-28-12-10-27/h2-3,5,7,13H,4,6,8-12,14-15H2,1H3,(H,24,25). The molecule has 0 spiro atoms. The molecule has 1 fully saturated rings.